The largest absolute Gasteiger partial charge is 0.511 e. The third kappa shape index (κ3) is 2.67. The highest BCUT2D eigenvalue weighted by Crippen LogP contribution is 2.34. The van der Waals surface area contributed by atoms with E-state index >= 15 is 0 Å². The monoisotopic (exact) mass is 272 g/mol. The molecule has 0 amide bonds. The second-order valence-corrected chi connectivity index (χ2v) is 5.49. The van der Waals surface area contributed by atoms with Gasteiger partial charge in [-0.3, -0.25) is 9.59 Å². The maximum absolute atomic E-state index is 12.1. The van der Waals surface area contributed by atoms with E-state index in [2.05, 4.69) is 6.07 Å². The molecule has 0 heterocycles. The molecule has 0 spiro atoms. The predicted molar refractivity (Wildman–Crippen MR) is 77.9 cm³/mol. The van der Waals surface area contributed by atoms with Crippen molar-refractivity contribution >= 4 is 11.6 Å². The Labute approximate surface area is 119 Å². The topological polar surface area (TPSA) is 54.4 Å². The number of rotatable bonds is 2. The van der Waals surface area contributed by atoms with Gasteiger partial charge >= 0.3 is 0 Å². The van der Waals surface area contributed by atoms with Crippen molar-refractivity contribution in [2.75, 3.05) is 0 Å². The van der Waals surface area contributed by atoms with Crippen molar-refractivity contribution in [1.29, 1.82) is 0 Å². The van der Waals surface area contributed by atoms with Crippen LogP contribution in [0.3, 0.4) is 0 Å². The van der Waals surface area contributed by atoms with Crippen LogP contribution in [0.25, 0.3) is 0 Å². The molecule has 0 saturated heterocycles. The fourth-order valence-electron chi connectivity index (χ4n) is 2.80. The van der Waals surface area contributed by atoms with E-state index in [1.165, 1.54) is 0 Å². The van der Waals surface area contributed by atoms with Gasteiger partial charge in [0.2, 0.25) is 0 Å². The normalized spacial score (nSPS) is 19.4. The fraction of sp³-hybridized carbons (Fsp3) is 0.412. The van der Waals surface area contributed by atoms with Crippen LogP contribution in [0.1, 0.15) is 48.8 Å². The average Bonchev–Trinajstić information content (AvgIpc) is 2.40. The van der Waals surface area contributed by atoms with Crippen LogP contribution in [-0.2, 0) is 9.59 Å². The highest BCUT2D eigenvalue weighted by atomic mass is 16.3. The molecule has 20 heavy (non-hydrogen) atoms. The van der Waals surface area contributed by atoms with Crippen LogP contribution in [0.5, 0.6) is 0 Å². The summed E-state index contributed by atoms with van der Waals surface area (Å²) < 4.78 is 0. The summed E-state index contributed by atoms with van der Waals surface area (Å²) in [7, 11) is 0. The van der Waals surface area contributed by atoms with Gasteiger partial charge in [-0.25, -0.2) is 0 Å². The highest BCUT2D eigenvalue weighted by Gasteiger charge is 2.33. The zero-order valence-corrected chi connectivity index (χ0v) is 12.2. The Bertz CT molecular complexity index is 576. The summed E-state index contributed by atoms with van der Waals surface area (Å²) in [5, 5.41) is 9.72. The Morgan fingerprint density at radius 3 is 2.35 bits per heavy atom. The minimum Gasteiger partial charge on any atom is -0.511 e. The third-order valence-electron chi connectivity index (χ3n) is 3.92. The molecule has 1 saturated carbocycles. The Hall–Kier alpha value is -1.90. The molecule has 1 aliphatic rings. The van der Waals surface area contributed by atoms with E-state index in [0.717, 1.165) is 16.7 Å². The first kappa shape index (κ1) is 14.5. The molecule has 1 aromatic rings. The maximum atomic E-state index is 12.1. The van der Waals surface area contributed by atoms with Crippen LogP contribution >= 0.6 is 0 Å². The van der Waals surface area contributed by atoms with Crippen molar-refractivity contribution in [2.24, 2.45) is 0 Å². The van der Waals surface area contributed by atoms with Gasteiger partial charge in [-0.2, -0.15) is 0 Å². The van der Waals surface area contributed by atoms with Crippen molar-refractivity contribution in [2.45, 2.75) is 46.0 Å². The summed E-state index contributed by atoms with van der Waals surface area (Å²) in [4.78, 5) is 24.3. The lowest BCUT2D eigenvalue weighted by Gasteiger charge is -2.24. The van der Waals surface area contributed by atoms with Crippen molar-refractivity contribution in [1.82, 2.24) is 0 Å². The summed E-state index contributed by atoms with van der Waals surface area (Å²) in [6.45, 7) is 5.74. The second-order valence-electron chi connectivity index (χ2n) is 5.49. The lowest BCUT2D eigenvalue weighted by atomic mass is 9.78. The Morgan fingerprint density at radius 1 is 1.20 bits per heavy atom. The van der Waals surface area contributed by atoms with Gasteiger partial charge < -0.3 is 5.11 Å². The van der Waals surface area contributed by atoms with E-state index in [1.807, 2.05) is 26.0 Å². The molecular weight excluding hydrogens is 252 g/mol. The van der Waals surface area contributed by atoms with Crippen LogP contribution in [0, 0.1) is 13.8 Å². The zero-order valence-electron chi connectivity index (χ0n) is 12.2. The smallest absolute Gasteiger partial charge is 0.170 e. The minimum atomic E-state index is -0.230. The van der Waals surface area contributed by atoms with Crippen LogP contribution < -0.4 is 0 Å². The number of aliphatic hydroxyl groups excluding tert-OH is 1. The number of hydrogen-bond acceptors (Lipinski definition) is 3. The molecule has 0 radical (unpaired) electrons. The lowest BCUT2D eigenvalue weighted by Crippen LogP contribution is -2.26. The Morgan fingerprint density at radius 2 is 1.80 bits per heavy atom. The molecule has 3 nitrogen and oxygen atoms in total. The summed E-state index contributed by atoms with van der Waals surface area (Å²) in [6, 6.07) is 6.10. The third-order valence-corrected chi connectivity index (χ3v) is 3.92. The van der Waals surface area contributed by atoms with Crippen molar-refractivity contribution in [3.8, 4) is 0 Å². The van der Waals surface area contributed by atoms with Crippen LogP contribution in [0.4, 0.5) is 0 Å². The first-order valence-electron chi connectivity index (χ1n) is 6.99. The molecule has 1 fully saturated rings. The number of benzene rings is 1. The maximum Gasteiger partial charge on any atom is 0.170 e. The fourth-order valence-corrected chi connectivity index (χ4v) is 2.80. The molecule has 3 heteroatoms. The molecule has 1 aromatic carbocycles. The van der Waals surface area contributed by atoms with Crippen LogP contribution in [0.15, 0.2) is 29.5 Å². The summed E-state index contributed by atoms with van der Waals surface area (Å²) >= 11 is 0. The van der Waals surface area contributed by atoms with Crippen molar-refractivity contribution < 1.29 is 14.7 Å². The number of hydrogen-bond donors (Lipinski definition) is 1. The molecule has 106 valence electrons. The molecule has 0 atom stereocenters. The van der Waals surface area contributed by atoms with E-state index in [9.17, 15) is 14.7 Å². The van der Waals surface area contributed by atoms with Gasteiger partial charge in [-0.15, -0.1) is 0 Å². The van der Waals surface area contributed by atoms with Crippen molar-refractivity contribution in [3.63, 3.8) is 0 Å². The van der Waals surface area contributed by atoms with Gasteiger partial charge in [0.1, 0.15) is 5.76 Å². The molecule has 1 N–H and O–H groups in total. The van der Waals surface area contributed by atoms with E-state index in [1.54, 1.807) is 6.92 Å². The summed E-state index contributed by atoms with van der Waals surface area (Å²) in [5.41, 5.74) is 3.33. The number of carbonyl (C=O) groups excluding carboxylic acids is 2. The molecular formula is C17H20O3. The molecule has 1 aliphatic carbocycles. The Balaban J connectivity index is 2.34. The Kier molecular flexibility index (Phi) is 4.07. The SMILES string of the molecule is CCC(O)=C1C(=O)CC(c2cc(C)ccc2C)CC1=O. The van der Waals surface area contributed by atoms with E-state index < -0.39 is 0 Å². The van der Waals surface area contributed by atoms with Gasteiger partial charge in [0.05, 0.1) is 5.57 Å². The average molecular weight is 272 g/mol. The van der Waals surface area contributed by atoms with E-state index in [0.29, 0.717) is 19.3 Å². The number of Topliss-reactive ketones (excluding diaryl/α,β-unsaturated/α-hetero) is 2. The second kappa shape index (κ2) is 5.61. The zero-order chi connectivity index (χ0) is 14.9. The van der Waals surface area contributed by atoms with Crippen LogP contribution in [0.2, 0.25) is 0 Å². The van der Waals surface area contributed by atoms with E-state index in [-0.39, 0.29) is 28.8 Å². The van der Waals surface area contributed by atoms with Crippen LogP contribution in [-0.4, -0.2) is 16.7 Å². The number of aryl methyl sites for hydroxylation is 2. The van der Waals surface area contributed by atoms with E-state index in [4.69, 9.17) is 0 Å². The number of ketones is 2. The standard InChI is InChI=1S/C17H20O3/c1-4-14(18)17-15(19)8-12(9-16(17)20)13-7-10(2)5-6-11(13)3/h5-7,12,18H,4,8-9H2,1-3H3. The molecule has 2 rings (SSSR count). The lowest BCUT2D eigenvalue weighted by molar-refractivity contribution is -0.124. The number of aliphatic hydroxyl groups is 1. The molecule has 0 aromatic heterocycles. The van der Waals surface area contributed by atoms with Gasteiger partial charge in [-0.1, -0.05) is 30.7 Å². The van der Waals surface area contributed by atoms with Gasteiger partial charge in [0, 0.05) is 19.3 Å². The van der Waals surface area contributed by atoms with Gasteiger partial charge in [-0.05, 0) is 30.9 Å². The van der Waals surface area contributed by atoms with Crippen molar-refractivity contribution in [3.05, 3.63) is 46.2 Å². The molecule has 0 bridgehead atoms. The highest BCUT2D eigenvalue weighted by molar-refractivity contribution is 6.22. The number of carbonyl (C=O) groups is 2. The summed E-state index contributed by atoms with van der Waals surface area (Å²) in [6.07, 6.45) is 0.922. The molecule has 0 unspecified atom stereocenters. The number of allylic oxidation sites excluding steroid dienone is 2. The quantitative estimate of drug-likeness (QED) is 0.509. The molecule has 0 aliphatic heterocycles. The first-order chi connectivity index (χ1) is 9.43. The first-order valence-corrected chi connectivity index (χ1v) is 6.99. The van der Waals surface area contributed by atoms with Gasteiger partial charge in [0.25, 0.3) is 0 Å². The predicted octanol–water partition coefficient (Wildman–Crippen LogP) is 3.54. The minimum absolute atomic E-state index is 0.0223. The van der Waals surface area contributed by atoms with Gasteiger partial charge in [0.15, 0.2) is 11.6 Å². The summed E-state index contributed by atoms with van der Waals surface area (Å²) in [5.74, 6) is -0.597.